The van der Waals surface area contributed by atoms with Gasteiger partial charge in [0.2, 0.25) is 5.91 Å². The van der Waals surface area contributed by atoms with Gasteiger partial charge in [0, 0.05) is 31.9 Å². The van der Waals surface area contributed by atoms with Crippen molar-refractivity contribution in [3.05, 3.63) is 53.3 Å². The normalized spacial score (nSPS) is 12.2. The standard InChI is InChI=1S/C16H22N4O/c1-4-20(10-13-7-5-6-12(2)8-13)16(21)15(17)14-9-18-19(3)11-14/h5-9,11,15H,4,10,17H2,1-3H3. The molecule has 0 fully saturated rings. The predicted octanol–water partition coefficient (Wildman–Crippen LogP) is 1.78. The lowest BCUT2D eigenvalue weighted by atomic mass is 10.1. The van der Waals surface area contributed by atoms with Gasteiger partial charge in [-0.15, -0.1) is 0 Å². The van der Waals surface area contributed by atoms with Gasteiger partial charge in [-0.3, -0.25) is 9.48 Å². The first-order valence-electron chi connectivity index (χ1n) is 7.09. The molecule has 0 aliphatic carbocycles. The van der Waals surface area contributed by atoms with Crippen LogP contribution in [0, 0.1) is 6.92 Å². The van der Waals surface area contributed by atoms with Crippen molar-refractivity contribution in [1.82, 2.24) is 14.7 Å². The van der Waals surface area contributed by atoms with Crippen LogP contribution in [0.1, 0.15) is 29.7 Å². The zero-order valence-corrected chi connectivity index (χ0v) is 12.8. The summed E-state index contributed by atoms with van der Waals surface area (Å²) in [7, 11) is 1.81. The third-order valence-electron chi connectivity index (χ3n) is 3.50. The van der Waals surface area contributed by atoms with E-state index in [1.807, 2.05) is 39.1 Å². The number of hydrogen-bond acceptors (Lipinski definition) is 3. The Morgan fingerprint density at radius 2 is 2.24 bits per heavy atom. The van der Waals surface area contributed by atoms with E-state index in [9.17, 15) is 4.79 Å². The van der Waals surface area contributed by atoms with Crippen molar-refractivity contribution < 1.29 is 4.79 Å². The van der Waals surface area contributed by atoms with Crippen LogP contribution in [0.25, 0.3) is 0 Å². The molecule has 112 valence electrons. The number of hydrogen-bond donors (Lipinski definition) is 1. The maximum atomic E-state index is 12.5. The Labute approximate surface area is 125 Å². The van der Waals surface area contributed by atoms with Crippen LogP contribution < -0.4 is 5.73 Å². The first-order valence-corrected chi connectivity index (χ1v) is 7.09. The molecule has 0 saturated carbocycles. The maximum Gasteiger partial charge on any atom is 0.244 e. The highest BCUT2D eigenvalue weighted by Gasteiger charge is 2.22. The molecule has 1 heterocycles. The quantitative estimate of drug-likeness (QED) is 0.911. The number of likely N-dealkylation sites (N-methyl/N-ethyl adjacent to an activating group) is 1. The van der Waals surface area contributed by atoms with Crippen LogP contribution in [0.15, 0.2) is 36.7 Å². The molecule has 0 radical (unpaired) electrons. The first kappa shape index (κ1) is 15.3. The summed E-state index contributed by atoms with van der Waals surface area (Å²) in [6.45, 7) is 5.21. The van der Waals surface area contributed by atoms with E-state index in [-0.39, 0.29) is 5.91 Å². The van der Waals surface area contributed by atoms with E-state index in [0.29, 0.717) is 13.1 Å². The number of aryl methyl sites for hydroxylation is 2. The fraction of sp³-hybridized carbons (Fsp3) is 0.375. The average Bonchev–Trinajstić information content (AvgIpc) is 2.90. The summed E-state index contributed by atoms with van der Waals surface area (Å²) in [5, 5.41) is 4.07. The molecule has 1 aromatic carbocycles. The van der Waals surface area contributed by atoms with E-state index in [0.717, 1.165) is 11.1 Å². The minimum absolute atomic E-state index is 0.0768. The van der Waals surface area contributed by atoms with Gasteiger partial charge < -0.3 is 10.6 Å². The van der Waals surface area contributed by atoms with Gasteiger partial charge >= 0.3 is 0 Å². The molecule has 1 atom stereocenters. The fourth-order valence-electron chi connectivity index (χ4n) is 2.32. The van der Waals surface area contributed by atoms with Crippen LogP contribution in [0.4, 0.5) is 0 Å². The molecule has 0 aliphatic heterocycles. The molecule has 0 bridgehead atoms. The van der Waals surface area contributed by atoms with Crippen LogP contribution in [0.5, 0.6) is 0 Å². The van der Waals surface area contributed by atoms with Gasteiger partial charge in [-0.05, 0) is 19.4 Å². The lowest BCUT2D eigenvalue weighted by Gasteiger charge is -2.24. The van der Waals surface area contributed by atoms with Gasteiger partial charge in [0.25, 0.3) is 0 Å². The second-order valence-corrected chi connectivity index (χ2v) is 5.27. The van der Waals surface area contributed by atoms with Gasteiger partial charge in [0.15, 0.2) is 0 Å². The second-order valence-electron chi connectivity index (χ2n) is 5.27. The smallest absolute Gasteiger partial charge is 0.244 e. The number of amides is 1. The van der Waals surface area contributed by atoms with E-state index < -0.39 is 6.04 Å². The largest absolute Gasteiger partial charge is 0.337 e. The van der Waals surface area contributed by atoms with Crippen LogP contribution in [0.3, 0.4) is 0 Å². The zero-order valence-electron chi connectivity index (χ0n) is 12.8. The van der Waals surface area contributed by atoms with Gasteiger partial charge in [-0.25, -0.2) is 0 Å². The Kier molecular flexibility index (Phi) is 4.75. The number of nitrogens with zero attached hydrogens (tertiary/aromatic N) is 3. The first-order chi connectivity index (χ1) is 10.0. The molecule has 0 saturated heterocycles. The van der Waals surface area contributed by atoms with Crippen molar-refractivity contribution in [1.29, 1.82) is 0 Å². The van der Waals surface area contributed by atoms with Crippen molar-refractivity contribution in [3.63, 3.8) is 0 Å². The molecule has 1 amide bonds. The Balaban J connectivity index is 2.11. The summed E-state index contributed by atoms with van der Waals surface area (Å²) in [6.07, 6.45) is 3.42. The van der Waals surface area contributed by atoms with Gasteiger partial charge in [0.1, 0.15) is 6.04 Å². The molecule has 0 aliphatic rings. The number of carbonyl (C=O) groups excluding carboxylic acids is 1. The van der Waals surface area contributed by atoms with Gasteiger partial charge in [-0.2, -0.15) is 5.10 Å². The summed E-state index contributed by atoms with van der Waals surface area (Å²) in [4.78, 5) is 14.3. The van der Waals surface area contributed by atoms with Crippen molar-refractivity contribution in [2.45, 2.75) is 26.4 Å². The fourth-order valence-corrected chi connectivity index (χ4v) is 2.32. The van der Waals surface area contributed by atoms with Crippen LogP contribution in [-0.4, -0.2) is 27.1 Å². The molecular weight excluding hydrogens is 264 g/mol. The molecule has 5 nitrogen and oxygen atoms in total. The molecule has 1 unspecified atom stereocenters. The van der Waals surface area contributed by atoms with E-state index in [1.54, 1.807) is 22.0 Å². The number of nitrogens with two attached hydrogens (primary N) is 1. The van der Waals surface area contributed by atoms with E-state index in [1.165, 1.54) is 5.56 Å². The third kappa shape index (κ3) is 3.70. The van der Waals surface area contributed by atoms with E-state index in [2.05, 4.69) is 11.2 Å². The van der Waals surface area contributed by atoms with Crippen molar-refractivity contribution in [2.75, 3.05) is 6.54 Å². The molecule has 2 N–H and O–H groups in total. The van der Waals surface area contributed by atoms with Gasteiger partial charge in [0.05, 0.1) is 6.20 Å². The van der Waals surface area contributed by atoms with Crippen LogP contribution in [-0.2, 0) is 18.4 Å². The zero-order chi connectivity index (χ0) is 15.4. The number of benzene rings is 1. The predicted molar refractivity (Wildman–Crippen MR) is 82.4 cm³/mol. The molecule has 2 aromatic rings. The average molecular weight is 286 g/mol. The van der Waals surface area contributed by atoms with Crippen LogP contribution >= 0.6 is 0 Å². The summed E-state index contributed by atoms with van der Waals surface area (Å²) in [6, 6.07) is 7.50. The monoisotopic (exact) mass is 286 g/mol. The molecule has 21 heavy (non-hydrogen) atoms. The molecule has 0 spiro atoms. The van der Waals surface area contributed by atoms with E-state index >= 15 is 0 Å². The Hall–Kier alpha value is -2.14. The lowest BCUT2D eigenvalue weighted by Crippen LogP contribution is -2.37. The second kappa shape index (κ2) is 6.54. The van der Waals surface area contributed by atoms with Gasteiger partial charge in [-0.1, -0.05) is 29.8 Å². The minimum Gasteiger partial charge on any atom is -0.337 e. The Bertz CT molecular complexity index is 620. The Morgan fingerprint density at radius 3 is 2.81 bits per heavy atom. The lowest BCUT2D eigenvalue weighted by molar-refractivity contribution is -0.133. The SMILES string of the molecule is CCN(Cc1cccc(C)c1)C(=O)C(N)c1cnn(C)c1. The third-order valence-corrected chi connectivity index (χ3v) is 3.50. The molecular formula is C16H22N4O. The molecule has 1 aromatic heterocycles. The van der Waals surface area contributed by atoms with E-state index in [4.69, 9.17) is 5.73 Å². The number of carbonyl (C=O) groups is 1. The number of aromatic nitrogens is 2. The summed E-state index contributed by atoms with van der Waals surface area (Å²) in [5.74, 6) is -0.0768. The van der Waals surface area contributed by atoms with Crippen molar-refractivity contribution in [2.24, 2.45) is 12.8 Å². The summed E-state index contributed by atoms with van der Waals surface area (Å²) in [5.41, 5.74) is 9.11. The minimum atomic E-state index is -0.663. The van der Waals surface area contributed by atoms with Crippen LogP contribution in [0.2, 0.25) is 0 Å². The maximum absolute atomic E-state index is 12.5. The topological polar surface area (TPSA) is 64.2 Å². The highest BCUT2D eigenvalue weighted by molar-refractivity contribution is 5.82. The number of rotatable bonds is 5. The highest BCUT2D eigenvalue weighted by Crippen LogP contribution is 2.15. The highest BCUT2D eigenvalue weighted by atomic mass is 16.2. The Morgan fingerprint density at radius 1 is 1.48 bits per heavy atom. The summed E-state index contributed by atoms with van der Waals surface area (Å²) < 4.78 is 1.65. The summed E-state index contributed by atoms with van der Waals surface area (Å²) >= 11 is 0. The molecule has 2 rings (SSSR count). The van der Waals surface area contributed by atoms with Crippen molar-refractivity contribution in [3.8, 4) is 0 Å². The van der Waals surface area contributed by atoms with Crippen molar-refractivity contribution >= 4 is 5.91 Å². The molecule has 5 heteroatoms.